The van der Waals surface area contributed by atoms with Crippen LogP contribution in [0.4, 0.5) is 10.5 Å². The Labute approximate surface area is 181 Å². The summed E-state index contributed by atoms with van der Waals surface area (Å²) < 4.78 is 0. The molecule has 1 atom stereocenters. The van der Waals surface area contributed by atoms with Gasteiger partial charge in [-0.1, -0.05) is 0 Å². The van der Waals surface area contributed by atoms with Gasteiger partial charge in [-0.25, -0.2) is 4.79 Å². The van der Waals surface area contributed by atoms with Crippen LogP contribution in [0.3, 0.4) is 0 Å². The number of carbonyl (C=O) groups is 3. The number of amides is 3. The highest BCUT2D eigenvalue weighted by Gasteiger charge is 2.35. The zero-order valence-electron chi connectivity index (χ0n) is 17.9. The van der Waals surface area contributed by atoms with Gasteiger partial charge in [-0.2, -0.15) is 5.10 Å². The molecule has 168 valence electrons. The number of carbonyl (C=O) groups excluding carboxylic acids is 2. The van der Waals surface area contributed by atoms with Crippen LogP contribution < -0.4 is 10.6 Å². The first kappa shape index (κ1) is 22.5. The Morgan fingerprint density at radius 2 is 1.97 bits per heavy atom. The molecule has 3 aliphatic heterocycles. The largest absolute Gasteiger partial charge is 0.483 e. The predicted molar refractivity (Wildman–Crippen MR) is 117 cm³/mol. The van der Waals surface area contributed by atoms with E-state index in [4.69, 9.17) is 9.90 Å². The lowest BCUT2D eigenvalue weighted by Crippen LogP contribution is -2.57. The van der Waals surface area contributed by atoms with Crippen molar-refractivity contribution < 1.29 is 19.5 Å². The zero-order valence-corrected chi connectivity index (χ0v) is 17.9. The monoisotopic (exact) mass is 430 g/mol. The van der Waals surface area contributed by atoms with Crippen LogP contribution >= 0.6 is 0 Å². The van der Waals surface area contributed by atoms with Gasteiger partial charge in [-0.15, -0.1) is 0 Å². The molecule has 3 saturated heterocycles. The number of fused-ring (bicyclic) bond motifs is 4. The molecule has 1 aromatic carbocycles. The van der Waals surface area contributed by atoms with Gasteiger partial charge in [0.1, 0.15) is 0 Å². The third kappa shape index (κ3) is 5.13. The molecule has 3 aliphatic rings. The third-order valence-electron chi connectivity index (χ3n) is 6.05. The third-order valence-corrected chi connectivity index (χ3v) is 6.05. The number of aromatic nitrogens is 2. The van der Waals surface area contributed by atoms with Gasteiger partial charge >= 0.3 is 6.03 Å². The van der Waals surface area contributed by atoms with Crippen molar-refractivity contribution in [3.05, 3.63) is 23.9 Å². The van der Waals surface area contributed by atoms with E-state index in [0.29, 0.717) is 30.4 Å². The van der Waals surface area contributed by atoms with Gasteiger partial charge in [0.25, 0.3) is 12.4 Å². The lowest BCUT2D eigenvalue weighted by atomic mass is 9.84. The van der Waals surface area contributed by atoms with Crippen LogP contribution in [0.2, 0.25) is 0 Å². The summed E-state index contributed by atoms with van der Waals surface area (Å²) in [5.41, 5.74) is 1.81. The summed E-state index contributed by atoms with van der Waals surface area (Å²) in [4.78, 5) is 37.7. The molecule has 3 fully saturated rings. The first-order valence-corrected chi connectivity index (χ1v) is 10.7. The summed E-state index contributed by atoms with van der Waals surface area (Å²) in [7, 11) is 0. The zero-order chi connectivity index (χ0) is 22.4. The maximum atomic E-state index is 12.9. The van der Waals surface area contributed by atoms with E-state index in [1.54, 1.807) is 4.90 Å². The highest BCUT2D eigenvalue weighted by Crippen LogP contribution is 2.28. The molecule has 0 aliphatic carbocycles. The van der Waals surface area contributed by atoms with Crippen molar-refractivity contribution in [3.63, 3.8) is 0 Å². The minimum Gasteiger partial charge on any atom is -0.483 e. The highest BCUT2D eigenvalue weighted by atomic mass is 16.3. The molecule has 3 amide bonds. The van der Waals surface area contributed by atoms with Gasteiger partial charge in [-0.05, 0) is 63.9 Å². The van der Waals surface area contributed by atoms with Gasteiger partial charge in [0, 0.05) is 36.7 Å². The molecule has 4 N–H and O–H groups in total. The molecule has 5 rings (SSSR count). The maximum absolute atomic E-state index is 12.9. The van der Waals surface area contributed by atoms with E-state index in [-0.39, 0.29) is 24.5 Å². The number of piperidine rings is 3. The van der Waals surface area contributed by atoms with Gasteiger partial charge in [-0.3, -0.25) is 14.7 Å². The molecule has 0 spiro atoms. The summed E-state index contributed by atoms with van der Waals surface area (Å²) in [5, 5.41) is 20.9. The molecule has 10 nitrogen and oxygen atoms in total. The van der Waals surface area contributed by atoms with E-state index in [0.717, 1.165) is 43.4 Å². The normalized spacial score (nSPS) is 21.7. The molecule has 31 heavy (non-hydrogen) atoms. The van der Waals surface area contributed by atoms with Crippen molar-refractivity contribution in [2.75, 3.05) is 38.0 Å². The molecular formula is C21H30N6O4. The van der Waals surface area contributed by atoms with Gasteiger partial charge in [0.15, 0.2) is 5.69 Å². The van der Waals surface area contributed by atoms with Crippen LogP contribution in [0, 0.1) is 5.92 Å². The number of anilines is 1. The number of H-pyrrole nitrogens is 1. The fraction of sp³-hybridized carbons (Fsp3) is 0.524. The van der Waals surface area contributed by atoms with Crippen molar-refractivity contribution >= 4 is 35.0 Å². The molecule has 0 radical (unpaired) electrons. The van der Waals surface area contributed by atoms with Crippen molar-refractivity contribution in [2.24, 2.45) is 5.92 Å². The molecule has 2 aromatic rings. The van der Waals surface area contributed by atoms with E-state index < -0.39 is 0 Å². The van der Waals surface area contributed by atoms with Crippen molar-refractivity contribution in [2.45, 2.75) is 32.7 Å². The molecule has 4 heterocycles. The molecule has 0 saturated carbocycles. The van der Waals surface area contributed by atoms with Crippen LogP contribution in [0.5, 0.6) is 0 Å². The smallest absolute Gasteiger partial charge is 0.321 e. The number of hydrogen-bond donors (Lipinski definition) is 4. The summed E-state index contributed by atoms with van der Waals surface area (Å²) in [5.74, 6) is 0.403. The second kappa shape index (κ2) is 10.3. The molecule has 10 heteroatoms. The summed E-state index contributed by atoms with van der Waals surface area (Å²) in [6.07, 6.45) is 2.29. The van der Waals surface area contributed by atoms with Gasteiger partial charge in [0.05, 0.1) is 5.52 Å². The number of nitrogens with zero attached hydrogens (tertiary/aromatic N) is 3. The van der Waals surface area contributed by atoms with Crippen LogP contribution in [0.1, 0.15) is 37.2 Å². The average molecular weight is 431 g/mol. The lowest BCUT2D eigenvalue weighted by molar-refractivity contribution is -0.122. The minimum atomic E-state index is -0.250. The SMILES string of the molecule is CCN(CC)C(=O)Nc1ccc2[nH]nc(C(=O)N[C@@H]3CN4CCC3CC4)c2c1.O=CO. The standard InChI is InChI=1S/C20H28N6O2.CH2O2/c1-3-26(4-2)20(28)21-14-5-6-16-15(11-14)18(24-23-16)19(27)22-17-12-25-9-7-13(17)8-10-25;2-1-3/h5-6,11,13,17H,3-4,7-10,12H2,1-2H3,(H,21,28)(H,22,27)(H,23,24);1H,(H,2,3)/t17-;/m1./s1. The Bertz CT molecular complexity index is 918. The maximum Gasteiger partial charge on any atom is 0.321 e. The van der Waals surface area contributed by atoms with Crippen molar-refractivity contribution in [1.82, 2.24) is 25.3 Å². The second-order valence-corrected chi connectivity index (χ2v) is 7.76. The van der Waals surface area contributed by atoms with E-state index in [2.05, 4.69) is 25.7 Å². The van der Waals surface area contributed by atoms with Gasteiger partial charge < -0.3 is 25.5 Å². The van der Waals surface area contributed by atoms with E-state index in [1.165, 1.54) is 0 Å². The van der Waals surface area contributed by atoms with Crippen LogP contribution in [0.25, 0.3) is 10.9 Å². The second-order valence-electron chi connectivity index (χ2n) is 7.76. The number of hydrogen-bond acceptors (Lipinski definition) is 5. The fourth-order valence-electron chi connectivity index (χ4n) is 4.34. The minimum absolute atomic E-state index is 0.147. The van der Waals surface area contributed by atoms with Gasteiger partial charge in [0.2, 0.25) is 0 Å². The Morgan fingerprint density at radius 3 is 2.55 bits per heavy atom. The molecule has 1 aromatic heterocycles. The summed E-state index contributed by atoms with van der Waals surface area (Å²) in [6.45, 7) is 8.12. The number of urea groups is 1. The van der Waals surface area contributed by atoms with Crippen molar-refractivity contribution in [3.8, 4) is 0 Å². The number of aromatic amines is 1. The number of carboxylic acid groups (broad SMARTS) is 1. The number of rotatable bonds is 5. The molecule has 0 unspecified atom stereocenters. The Morgan fingerprint density at radius 1 is 1.29 bits per heavy atom. The van der Waals surface area contributed by atoms with Crippen molar-refractivity contribution in [1.29, 1.82) is 0 Å². The quantitative estimate of drug-likeness (QED) is 0.537. The summed E-state index contributed by atoms with van der Waals surface area (Å²) >= 11 is 0. The topological polar surface area (TPSA) is 131 Å². The predicted octanol–water partition coefficient (Wildman–Crippen LogP) is 1.96. The van der Waals surface area contributed by atoms with Crippen LogP contribution in [-0.2, 0) is 4.79 Å². The van der Waals surface area contributed by atoms with Crippen LogP contribution in [-0.4, -0.2) is 82.3 Å². The Balaban J connectivity index is 0.000000858. The molecule has 2 bridgehead atoms. The lowest BCUT2D eigenvalue weighted by Gasteiger charge is -2.44. The first-order valence-electron chi connectivity index (χ1n) is 10.7. The number of nitrogens with one attached hydrogen (secondary N) is 3. The number of benzene rings is 1. The highest BCUT2D eigenvalue weighted by molar-refractivity contribution is 6.06. The fourth-order valence-corrected chi connectivity index (χ4v) is 4.34. The average Bonchev–Trinajstić information content (AvgIpc) is 3.19. The Hall–Kier alpha value is -3.14. The van der Waals surface area contributed by atoms with E-state index in [1.807, 2.05) is 32.0 Å². The Kier molecular flexibility index (Phi) is 7.45. The van der Waals surface area contributed by atoms with E-state index >= 15 is 0 Å². The first-order chi connectivity index (χ1) is 15.0. The van der Waals surface area contributed by atoms with Crippen LogP contribution in [0.15, 0.2) is 18.2 Å². The summed E-state index contributed by atoms with van der Waals surface area (Å²) in [6, 6.07) is 5.51. The molecular weight excluding hydrogens is 400 g/mol. The van der Waals surface area contributed by atoms with E-state index in [9.17, 15) is 9.59 Å².